The van der Waals surface area contributed by atoms with Gasteiger partial charge in [-0.15, -0.1) is 0 Å². The van der Waals surface area contributed by atoms with Gasteiger partial charge in [-0.3, -0.25) is 24.5 Å². The molecule has 1 fully saturated rings. The van der Waals surface area contributed by atoms with Crippen molar-refractivity contribution in [1.29, 1.82) is 0 Å². The first-order chi connectivity index (χ1) is 18.2. The van der Waals surface area contributed by atoms with E-state index in [1.165, 1.54) is 14.2 Å². The quantitative estimate of drug-likeness (QED) is 0.104. The van der Waals surface area contributed by atoms with Crippen molar-refractivity contribution in [1.82, 2.24) is 26.6 Å². The fraction of sp³-hybridized carbons (Fsp3) is 0.750. The molecule has 1 aliphatic heterocycles. The van der Waals surface area contributed by atoms with Crippen LogP contribution in [0.15, 0.2) is 0 Å². The van der Waals surface area contributed by atoms with E-state index in [4.69, 9.17) is 0 Å². The molecule has 0 aliphatic carbocycles. The molecule has 6 atom stereocenters. The van der Waals surface area contributed by atoms with Crippen molar-refractivity contribution >= 4 is 35.6 Å². The smallest absolute Gasteiger partial charge is 0.328 e. The molecule has 0 aromatic heterocycles. The van der Waals surface area contributed by atoms with Crippen molar-refractivity contribution in [3.05, 3.63) is 0 Å². The highest BCUT2D eigenvalue weighted by Gasteiger charge is 2.47. The van der Waals surface area contributed by atoms with Gasteiger partial charge in [0.1, 0.15) is 36.4 Å². The van der Waals surface area contributed by atoms with E-state index < -0.39 is 85.0 Å². The van der Waals surface area contributed by atoms with Gasteiger partial charge in [0.25, 0.3) is 0 Å². The van der Waals surface area contributed by atoms with Gasteiger partial charge >= 0.3 is 11.9 Å². The van der Waals surface area contributed by atoms with Crippen LogP contribution in [0.4, 0.5) is 0 Å². The lowest BCUT2D eigenvalue weighted by Crippen LogP contribution is -2.53. The largest absolute Gasteiger partial charge is 0.467 e. The van der Waals surface area contributed by atoms with E-state index in [1.807, 2.05) is 27.7 Å². The molecule has 15 heteroatoms. The van der Waals surface area contributed by atoms with Crippen molar-refractivity contribution in [2.24, 2.45) is 11.8 Å². The predicted molar refractivity (Wildman–Crippen MR) is 136 cm³/mol. The van der Waals surface area contributed by atoms with Crippen LogP contribution in [0.3, 0.4) is 0 Å². The van der Waals surface area contributed by atoms with Crippen LogP contribution in [0.2, 0.25) is 0 Å². The number of hydrogen-bond acceptors (Lipinski definition) is 11. The van der Waals surface area contributed by atoms with Gasteiger partial charge in [0.05, 0.1) is 27.3 Å². The molecule has 222 valence electrons. The summed E-state index contributed by atoms with van der Waals surface area (Å²) in [5.41, 5.74) is 0. The fourth-order valence-corrected chi connectivity index (χ4v) is 3.95. The van der Waals surface area contributed by atoms with Gasteiger partial charge in [0, 0.05) is 0 Å². The zero-order chi connectivity index (χ0) is 29.9. The van der Waals surface area contributed by atoms with Crippen LogP contribution >= 0.6 is 0 Å². The minimum Gasteiger partial charge on any atom is -0.467 e. The first kappa shape index (κ1) is 33.7. The molecule has 1 rings (SSSR count). The normalized spacial score (nSPS) is 22.0. The Morgan fingerprint density at radius 3 is 1.31 bits per heavy atom. The van der Waals surface area contributed by atoms with Crippen molar-refractivity contribution in [2.75, 3.05) is 27.3 Å². The Morgan fingerprint density at radius 2 is 1.03 bits per heavy atom. The summed E-state index contributed by atoms with van der Waals surface area (Å²) in [6, 6.07) is -4.71. The van der Waals surface area contributed by atoms with Crippen molar-refractivity contribution in [2.45, 2.75) is 76.9 Å². The molecular weight excluding hydrogens is 518 g/mol. The maximum absolute atomic E-state index is 12.5. The molecule has 7 N–H and O–H groups in total. The van der Waals surface area contributed by atoms with Crippen LogP contribution in [0.1, 0.15) is 40.5 Å². The summed E-state index contributed by atoms with van der Waals surface area (Å²) in [6.45, 7) is 6.33. The maximum atomic E-state index is 12.5. The number of ether oxygens (including phenoxy) is 2. The SMILES string of the molecule is COC(=O)[C@H](CC(C)C)NC(=O)CNC(=O)[C@@H]1N[C@@H](C(=O)NCC(=O)N[C@@H](CC(C)C)C(=O)OC)[C@@H](O)[C@@H]1O. The molecule has 0 spiro atoms. The molecule has 0 bridgehead atoms. The van der Waals surface area contributed by atoms with Crippen molar-refractivity contribution in [3.63, 3.8) is 0 Å². The highest BCUT2D eigenvalue weighted by Crippen LogP contribution is 2.15. The Hall–Kier alpha value is -3.30. The highest BCUT2D eigenvalue weighted by atomic mass is 16.5. The number of carbonyl (C=O) groups excluding carboxylic acids is 6. The third kappa shape index (κ3) is 10.8. The second-order valence-corrected chi connectivity index (χ2v) is 10.1. The van der Waals surface area contributed by atoms with Crippen LogP contribution < -0.4 is 26.6 Å². The van der Waals surface area contributed by atoms with Crippen molar-refractivity contribution in [3.8, 4) is 0 Å². The van der Waals surface area contributed by atoms with E-state index in [0.29, 0.717) is 12.8 Å². The predicted octanol–water partition coefficient (Wildman–Crippen LogP) is -3.31. The summed E-state index contributed by atoms with van der Waals surface area (Å²) in [7, 11) is 2.37. The van der Waals surface area contributed by atoms with E-state index in [1.54, 1.807) is 0 Å². The standard InChI is InChI=1S/C24H41N5O10/c1-11(2)7-13(23(36)38-5)27-15(30)9-25-21(34)17-19(32)20(33)18(29-17)22(35)26-10-16(31)28-14(8-12(3)4)24(37)39-6/h11-14,17-20,29,32-33H,7-10H2,1-6H3,(H,25,34)(H,26,35)(H,27,30)(H,28,31)/t13-,14-,17+,18+,19+,20+/m0/s1. The number of hydrogen-bond donors (Lipinski definition) is 7. The summed E-state index contributed by atoms with van der Waals surface area (Å²) in [5, 5.41) is 32.5. The zero-order valence-electron chi connectivity index (χ0n) is 23.1. The molecule has 0 aromatic carbocycles. The van der Waals surface area contributed by atoms with Crippen LogP contribution in [0.25, 0.3) is 0 Å². The number of esters is 2. The number of aliphatic hydroxyl groups is 2. The van der Waals surface area contributed by atoms with Gasteiger partial charge in [0.15, 0.2) is 0 Å². The van der Waals surface area contributed by atoms with Gasteiger partial charge in [-0.05, 0) is 24.7 Å². The first-order valence-corrected chi connectivity index (χ1v) is 12.6. The number of carbonyl (C=O) groups is 6. The van der Waals surface area contributed by atoms with Gasteiger partial charge in [-0.2, -0.15) is 0 Å². The Labute approximate surface area is 227 Å². The van der Waals surface area contributed by atoms with Crippen LogP contribution in [-0.2, 0) is 38.2 Å². The minimum absolute atomic E-state index is 0.0757. The number of amides is 4. The van der Waals surface area contributed by atoms with Crippen LogP contribution in [0, 0.1) is 11.8 Å². The summed E-state index contributed by atoms with van der Waals surface area (Å²) in [5.74, 6) is -4.24. The van der Waals surface area contributed by atoms with Gasteiger partial charge in [-0.1, -0.05) is 27.7 Å². The number of rotatable bonds is 14. The highest BCUT2D eigenvalue weighted by molar-refractivity contribution is 5.93. The third-order valence-electron chi connectivity index (χ3n) is 5.86. The van der Waals surface area contributed by atoms with E-state index in [2.05, 4.69) is 36.1 Å². The zero-order valence-corrected chi connectivity index (χ0v) is 23.1. The first-order valence-electron chi connectivity index (χ1n) is 12.6. The van der Waals surface area contributed by atoms with E-state index in [0.717, 1.165) is 0 Å². The molecule has 39 heavy (non-hydrogen) atoms. The lowest BCUT2D eigenvalue weighted by atomic mass is 10.0. The summed E-state index contributed by atoms with van der Waals surface area (Å²) in [6.07, 6.45) is -2.76. The average Bonchev–Trinajstić information content (AvgIpc) is 3.17. The molecule has 1 heterocycles. The Morgan fingerprint density at radius 1 is 0.692 bits per heavy atom. The second kappa shape index (κ2) is 16.0. The van der Waals surface area contributed by atoms with E-state index in [9.17, 15) is 39.0 Å². The number of nitrogens with one attached hydrogen (secondary N) is 5. The summed E-state index contributed by atoms with van der Waals surface area (Å²) < 4.78 is 9.34. The molecule has 0 radical (unpaired) electrons. The van der Waals surface area contributed by atoms with E-state index >= 15 is 0 Å². The Bertz CT molecular complexity index is 827. The monoisotopic (exact) mass is 559 g/mol. The molecule has 1 saturated heterocycles. The van der Waals surface area contributed by atoms with Gasteiger partial charge in [-0.25, -0.2) is 9.59 Å². The van der Waals surface area contributed by atoms with E-state index in [-0.39, 0.29) is 11.8 Å². The molecule has 0 saturated carbocycles. The second-order valence-electron chi connectivity index (χ2n) is 10.1. The van der Waals surface area contributed by atoms with Gasteiger partial charge < -0.3 is 41.0 Å². The van der Waals surface area contributed by atoms with Gasteiger partial charge in [0.2, 0.25) is 23.6 Å². The number of aliphatic hydroxyl groups excluding tert-OH is 2. The Kier molecular flexibility index (Phi) is 13.8. The molecule has 0 unspecified atom stereocenters. The third-order valence-corrected chi connectivity index (χ3v) is 5.86. The summed E-state index contributed by atoms with van der Waals surface area (Å²) >= 11 is 0. The summed E-state index contributed by atoms with van der Waals surface area (Å²) in [4.78, 5) is 73.3. The average molecular weight is 560 g/mol. The number of methoxy groups -OCH3 is 2. The lowest BCUT2D eigenvalue weighted by molar-refractivity contribution is -0.145. The maximum Gasteiger partial charge on any atom is 0.328 e. The van der Waals surface area contributed by atoms with Crippen LogP contribution in [-0.4, -0.2) is 109 Å². The van der Waals surface area contributed by atoms with Crippen LogP contribution in [0.5, 0.6) is 0 Å². The topological polar surface area (TPSA) is 221 Å². The molecule has 0 aromatic rings. The molecule has 1 aliphatic rings. The lowest BCUT2D eigenvalue weighted by Gasteiger charge is -2.19. The minimum atomic E-state index is -1.70. The Balaban J connectivity index is 2.64. The van der Waals surface area contributed by atoms with Crippen molar-refractivity contribution < 1.29 is 48.5 Å². The fourth-order valence-electron chi connectivity index (χ4n) is 3.95. The molecule has 4 amide bonds. The molecular formula is C24H41N5O10. The molecule has 15 nitrogen and oxygen atoms in total.